The van der Waals surface area contributed by atoms with E-state index in [2.05, 4.69) is 41.6 Å². The number of nitrogens with zero attached hydrogens (tertiary/aromatic N) is 1. The minimum Gasteiger partial charge on any atom is -0.506 e. The van der Waals surface area contributed by atoms with E-state index in [0.717, 1.165) is 4.47 Å². The van der Waals surface area contributed by atoms with Crippen molar-refractivity contribution in [1.29, 1.82) is 0 Å². The van der Waals surface area contributed by atoms with Gasteiger partial charge in [-0.1, -0.05) is 15.9 Å². The van der Waals surface area contributed by atoms with Crippen molar-refractivity contribution in [2.45, 2.75) is 13.0 Å². The quantitative estimate of drug-likeness (QED) is 0.662. The molecule has 1 N–H and O–H groups in total. The number of halogens is 2. The summed E-state index contributed by atoms with van der Waals surface area (Å²) in [6.45, 7) is 1.62. The second-order valence-corrected chi connectivity index (χ2v) is 5.07. The molecule has 0 aliphatic rings. The van der Waals surface area contributed by atoms with E-state index < -0.39 is 12.0 Å². The van der Waals surface area contributed by atoms with Gasteiger partial charge in [-0.05, 0) is 35.0 Å². The van der Waals surface area contributed by atoms with Crippen molar-refractivity contribution in [3.05, 3.63) is 26.6 Å². The van der Waals surface area contributed by atoms with E-state index in [9.17, 15) is 9.90 Å². The minimum absolute atomic E-state index is 0.0778. The first-order valence-electron chi connectivity index (χ1n) is 4.74. The van der Waals surface area contributed by atoms with Crippen LogP contribution >= 0.6 is 31.9 Å². The van der Waals surface area contributed by atoms with E-state index in [-0.39, 0.29) is 5.75 Å². The highest BCUT2D eigenvalue weighted by atomic mass is 79.9. The largest absolute Gasteiger partial charge is 0.506 e. The van der Waals surface area contributed by atoms with E-state index in [1.54, 1.807) is 19.1 Å². The molecule has 1 rings (SSSR count). The Hall–Kier alpha value is -0.880. The fourth-order valence-electron chi connectivity index (χ4n) is 1.11. The molecule has 0 aliphatic heterocycles. The third-order valence-corrected chi connectivity index (χ3v) is 3.10. The maximum Gasteiger partial charge on any atom is 0.330 e. The smallest absolute Gasteiger partial charge is 0.330 e. The first kappa shape index (κ1) is 14.2. The Morgan fingerprint density at radius 3 is 2.76 bits per heavy atom. The number of phenolic OH excluding ortho intramolecular Hbond substituents is 1. The first-order valence-corrected chi connectivity index (χ1v) is 6.33. The summed E-state index contributed by atoms with van der Waals surface area (Å²) in [7, 11) is 1.31. The zero-order chi connectivity index (χ0) is 13.0. The van der Waals surface area contributed by atoms with Gasteiger partial charge in [0.25, 0.3) is 0 Å². The molecule has 1 atom stereocenters. The van der Waals surface area contributed by atoms with Crippen molar-refractivity contribution in [2.24, 2.45) is 4.99 Å². The molecule has 1 aromatic carbocycles. The number of rotatable bonds is 3. The molecule has 0 spiro atoms. The molecule has 0 saturated heterocycles. The van der Waals surface area contributed by atoms with Gasteiger partial charge in [-0.15, -0.1) is 0 Å². The number of aliphatic imine (C=N–C) groups is 1. The molecule has 0 unspecified atom stereocenters. The van der Waals surface area contributed by atoms with Crippen molar-refractivity contribution in [1.82, 2.24) is 0 Å². The van der Waals surface area contributed by atoms with Crippen molar-refractivity contribution in [3.8, 4) is 5.75 Å². The number of aromatic hydroxyl groups is 1. The fraction of sp³-hybridized carbons (Fsp3) is 0.273. The van der Waals surface area contributed by atoms with Crippen molar-refractivity contribution in [2.75, 3.05) is 7.11 Å². The predicted octanol–water partition coefficient (Wildman–Crippen LogP) is 2.90. The molecule has 1 aromatic rings. The monoisotopic (exact) mass is 363 g/mol. The Kier molecular flexibility index (Phi) is 5.14. The zero-order valence-corrected chi connectivity index (χ0v) is 12.4. The lowest BCUT2D eigenvalue weighted by molar-refractivity contribution is -0.141. The summed E-state index contributed by atoms with van der Waals surface area (Å²) < 4.78 is 5.90. The predicted molar refractivity (Wildman–Crippen MR) is 72.6 cm³/mol. The van der Waals surface area contributed by atoms with E-state index in [0.29, 0.717) is 10.0 Å². The summed E-state index contributed by atoms with van der Waals surface area (Å²) in [6, 6.07) is 2.82. The number of esters is 1. The summed E-state index contributed by atoms with van der Waals surface area (Å²) in [5, 5.41) is 9.76. The molecule has 0 amide bonds. The lowest BCUT2D eigenvalue weighted by atomic mass is 10.2. The fourth-order valence-corrected chi connectivity index (χ4v) is 2.37. The van der Waals surface area contributed by atoms with Gasteiger partial charge in [-0.25, -0.2) is 4.79 Å². The summed E-state index contributed by atoms with van der Waals surface area (Å²) in [5.74, 6) is -0.344. The highest BCUT2D eigenvalue weighted by Crippen LogP contribution is 2.30. The van der Waals surface area contributed by atoms with Crippen LogP contribution in [0.25, 0.3) is 0 Å². The van der Waals surface area contributed by atoms with Crippen LogP contribution in [-0.2, 0) is 9.53 Å². The van der Waals surface area contributed by atoms with Crippen LogP contribution in [0.2, 0.25) is 0 Å². The van der Waals surface area contributed by atoms with Gasteiger partial charge in [0.15, 0.2) is 0 Å². The third-order valence-electron chi connectivity index (χ3n) is 2.04. The molecule has 17 heavy (non-hydrogen) atoms. The Morgan fingerprint density at radius 1 is 1.53 bits per heavy atom. The second-order valence-electron chi connectivity index (χ2n) is 3.30. The van der Waals surface area contributed by atoms with Crippen LogP contribution in [-0.4, -0.2) is 30.4 Å². The van der Waals surface area contributed by atoms with Crippen LogP contribution in [0.15, 0.2) is 26.1 Å². The van der Waals surface area contributed by atoms with E-state index in [1.165, 1.54) is 13.3 Å². The van der Waals surface area contributed by atoms with Gasteiger partial charge in [0.2, 0.25) is 0 Å². The standard InChI is InChI=1S/C11H11Br2NO3/c1-6(11(16)17-2)14-5-7-3-8(12)4-9(13)10(7)15/h3-6,15H,1-2H3/t6-/m0/s1. The molecule has 92 valence electrons. The Bertz CT molecular complexity index is 460. The zero-order valence-electron chi connectivity index (χ0n) is 9.28. The van der Waals surface area contributed by atoms with Crippen LogP contribution in [0.3, 0.4) is 0 Å². The summed E-state index contributed by atoms with van der Waals surface area (Å²) >= 11 is 6.52. The lowest BCUT2D eigenvalue weighted by Crippen LogP contribution is -2.16. The molecule has 0 bridgehead atoms. The van der Waals surface area contributed by atoms with Gasteiger partial charge in [-0.3, -0.25) is 4.99 Å². The number of ether oxygens (including phenoxy) is 1. The van der Waals surface area contributed by atoms with Crippen LogP contribution in [0, 0.1) is 0 Å². The number of carbonyl (C=O) groups is 1. The number of methoxy groups -OCH3 is 1. The highest BCUT2D eigenvalue weighted by Gasteiger charge is 2.11. The lowest BCUT2D eigenvalue weighted by Gasteiger charge is -2.05. The molecule has 4 nitrogen and oxygen atoms in total. The maximum absolute atomic E-state index is 11.1. The number of benzene rings is 1. The summed E-state index contributed by atoms with van der Waals surface area (Å²) in [4.78, 5) is 15.1. The normalized spacial score (nSPS) is 12.7. The van der Waals surface area contributed by atoms with Crippen LogP contribution in [0.4, 0.5) is 0 Å². The summed E-state index contributed by atoms with van der Waals surface area (Å²) in [6.07, 6.45) is 1.44. The number of phenols is 1. The molecule has 0 radical (unpaired) electrons. The topological polar surface area (TPSA) is 58.9 Å². The second kappa shape index (κ2) is 6.16. The third kappa shape index (κ3) is 3.81. The van der Waals surface area contributed by atoms with Gasteiger partial charge in [-0.2, -0.15) is 0 Å². The van der Waals surface area contributed by atoms with Gasteiger partial charge in [0.1, 0.15) is 11.8 Å². The number of hydrogen-bond acceptors (Lipinski definition) is 4. The molecule has 6 heteroatoms. The number of hydrogen-bond donors (Lipinski definition) is 1. The van der Waals surface area contributed by atoms with Gasteiger partial charge < -0.3 is 9.84 Å². The Labute approximate surface area is 116 Å². The molecule has 0 heterocycles. The molecule has 0 aliphatic carbocycles. The average molecular weight is 365 g/mol. The molecular formula is C11H11Br2NO3. The Balaban J connectivity index is 2.95. The first-order chi connectivity index (χ1) is 7.95. The van der Waals surface area contributed by atoms with E-state index in [1.807, 2.05) is 0 Å². The number of carbonyl (C=O) groups excluding carboxylic acids is 1. The van der Waals surface area contributed by atoms with Crippen LogP contribution in [0.5, 0.6) is 5.75 Å². The van der Waals surface area contributed by atoms with Crippen molar-refractivity contribution in [3.63, 3.8) is 0 Å². The van der Waals surface area contributed by atoms with Crippen LogP contribution in [0.1, 0.15) is 12.5 Å². The highest BCUT2D eigenvalue weighted by molar-refractivity contribution is 9.11. The molecule has 0 saturated carbocycles. The maximum atomic E-state index is 11.1. The van der Waals surface area contributed by atoms with Crippen molar-refractivity contribution >= 4 is 44.0 Å². The minimum atomic E-state index is -0.600. The summed E-state index contributed by atoms with van der Waals surface area (Å²) in [5.41, 5.74) is 0.516. The van der Waals surface area contributed by atoms with Crippen molar-refractivity contribution < 1.29 is 14.6 Å². The molecule has 0 fully saturated rings. The van der Waals surface area contributed by atoms with E-state index >= 15 is 0 Å². The molecule has 0 aromatic heterocycles. The Morgan fingerprint density at radius 2 is 2.18 bits per heavy atom. The SMILES string of the molecule is COC(=O)[C@H](C)N=Cc1cc(Br)cc(Br)c1O. The van der Waals surface area contributed by atoms with Crippen LogP contribution < -0.4 is 0 Å². The van der Waals surface area contributed by atoms with E-state index in [4.69, 9.17) is 0 Å². The van der Waals surface area contributed by atoms with Gasteiger partial charge in [0.05, 0.1) is 11.6 Å². The molecular weight excluding hydrogens is 354 g/mol. The van der Waals surface area contributed by atoms with Gasteiger partial charge in [0, 0.05) is 16.3 Å². The van der Waals surface area contributed by atoms with Gasteiger partial charge >= 0.3 is 5.97 Å². The average Bonchev–Trinajstić information content (AvgIpc) is 2.30.